The van der Waals surface area contributed by atoms with E-state index in [1.807, 2.05) is 29.2 Å². The van der Waals surface area contributed by atoms with Gasteiger partial charge in [0, 0.05) is 25.1 Å². The first kappa shape index (κ1) is 19.9. The number of rotatable bonds is 8. The van der Waals surface area contributed by atoms with Gasteiger partial charge < -0.3 is 18.8 Å². The van der Waals surface area contributed by atoms with Crippen molar-refractivity contribution in [2.24, 2.45) is 0 Å². The normalized spacial score (nSPS) is 17.3. The second-order valence-corrected chi connectivity index (χ2v) is 6.98. The Kier molecular flexibility index (Phi) is 7.26. The lowest BCUT2D eigenvalue weighted by molar-refractivity contribution is -0.141. The van der Waals surface area contributed by atoms with Crippen LogP contribution in [-0.4, -0.2) is 49.3 Å². The highest BCUT2D eigenvalue weighted by molar-refractivity contribution is 6.31. The summed E-state index contributed by atoms with van der Waals surface area (Å²) < 4.78 is 16.3. The van der Waals surface area contributed by atoms with Crippen molar-refractivity contribution in [3.05, 3.63) is 52.7 Å². The Hall–Kier alpha value is -1.89. The molecule has 2 heterocycles. The average molecular weight is 393 g/mol. The molecule has 0 bridgehead atoms. The minimum atomic E-state index is -0.141. The number of likely N-dealkylation sites (tertiary alicyclic amines) is 1. The van der Waals surface area contributed by atoms with E-state index in [2.05, 4.69) is 4.98 Å². The minimum absolute atomic E-state index is 0.0401. The summed E-state index contributed by atoms with van der Waals surface area (Å²) >= 11 is 6.23. The number of hydrogen-bond donors (Lipinski definition) is 0. The first-order valence-corrected chi connectivity index (χ1v) is 9.61. The largest absolute Gasteiger partial charge is 0.443 e. The summed E-state index contributed by atoms with van der Waals surface area (Å²) in [5.41, 5.74) is 0.991. The lowest BCUT2D eigenvalue weighted by Crippen LogP contribution is -2.40. The van der Waals surface area contributed by atoms with E-state index in [0.29, 0.717) is 37.1 Å². The van der Waals surface area contributed by atoms with E-state index < -0.39 is 0 Å². The van der Waals surface area contributed by atoms with Crippen molar-refractivity contribution in [1.82, 2.24) is 9.88 Å². The molecule has 27 heavy (non-hydrogen) atoms. The van der Waals surface area contributed by atoms with Crippen molar-refractivity contribution in [1.29, 1.82) is 0 Å². The van der Waals surface area contributed by atoms with E-state index >= 15 is 0 Å². The van der Waals surface area contributed by atoms with Crippen molar-refractivity contribution in [3.63, 3.8) is 0 Å². The zero-order valence-corrected chi connectivity index (χ0v) is 16.3. The van der Waals surface area contributed by atoms with Crippen LogP contribution in [0.4, 0.5) is 0 Å². The number of methoxy groups -OCH3 is 1. The fourth-order valence-corrected chi connectivity index (χ4v) is 3.46. The average Bonchev–Trinajstić information content (AvgIpc) is 3.15. The number of ether oxygens (including phenoxy) is 2. The Balaban J connectivity index is 1.65. The minimum Gasteiger partial charge on any atom is -0.443 e. The lowest BCUT2D eigenvalue weighted by atomic mass is 10.0. The topological polar surface area (TPSA) is 64.8 Å². The highest BCUT2D eigenvalue weighted by Crippen LogP contribution is 2.31. The molecule has 1 aliphatic rings. The van der Waals surface area contributed by atoms with Crippen LogP contribution in [0.3, 0.4) is 0 Å². The van der Waals surface area contributed by atoms with Crippen molar-refractivity contribution in [3.8, 4) is 0 Å². The van der Waals surface area contributed by atoms with E-state index in [1.54, 1.807) is 13.3 Å². The van der Waals surface area contributed by atoms with Crippen molar-refractivity contribution in [2.75, 3.05) is 33.5 Å². The van der Waals surface area contributed by atoms with Crippen LogP contribution in [0.2, 0.25) is 5.02 Å². The van der Waals surface area contributed by atoms with Gasteiger partial charge in [-0.25, -0.2) is 4.98 Å². The van der Waals surface area contributed by atoms with Gasteiger partial charge in [-0.2, -0.15) is 0 Å². The molecule has 1 fully saturated rings. The molecule has 1 aromatic heterocycles. The monoisotopic (exact) mass is 392 g/mol. The van der Waals surface area contributed by atoms with E-state index in [1.165, 1.54) is 0 Å². The number of piperidine rings is 1. The van der Waals surface area contributed by atoms with Gasteiger partial charge in [0.25, 0.3) is 0 Å². The van der Waals surface area contributed by atoms with Crippen LogP contribution in [0, 0.1) is 0 Å². The van der Waals surface area contributed by atoms with Gasteiger partial charge in [0.1, 0.15) is 18.4 Å². The second-order valence-electron chi connectivity index (χ2n) is 6.58. The number of hydrogen-bond acceptors (Lipinski definition) is 5. The molecule has 6 nitrogen and oxygen atoms in total. The van der Waals surface area contributed by atoms with Crippen LogP contribution in [0.15, 0.2) is 34.9 Å². The van der Waals surface area contributed by atoms with E-state index in [9.17, 15) is 4.79 Å². The maximum Gasteiger partial charge on any atom is 0.249 e. The third kappa shape index (κ3) is 5.31. The van der Waals surface area contributed by atoms with Gasteiger partial charge in [0.05, 0.1) is 19.4 Å². The second kappa shape index (κ2) is 9.88. The van der Waals surface area contributed by atoms with Crippen molar-refractivity contribution in [2.45, 2.75) is 31.7 Å². The number of benzene rings is 1. The van der Waals surface area contributed by atoms with E-state index in [0.717, 1.165) is 30.6 Å². The Bertz CT molecular complexity index is 749. The molecular formula is C20H25ClN2O4. The Morgan fingerprint density at radius 3 is 3.00 bits per heavy atom. The highest BCUT2D eigenvalue weighted by Gasteiger charge is 2.31. The first-order valence-electron chi connectivity index (χ1n) is 9.23. The zero-order valence-electron chi connectivity index (χ0n) is 15.5. The molecule has 0 spiro atoms. The van der Waals surface area contributed by atoms with Crippen molar-refractivity contribution < 1.29 is 18.7 Å². The molecule has 3 rings (SSSR count). The Morgan fingerprint density at radius 1 is 1.33 bits per heavy atom. The summed E-state index contributed by atoms with van der Waals surface area (Å²) in [6.07, 6.45) is 5.17. The Morgan fingerprint density at radius 2 is 2.19 bits per heavy atom. The molecule has 1 atom stereocenters. The van der Waals surface area contributed by atoms with Gasteiger partial charge in [-0.05, 0) is 30.9 Å². The summed E-state index contributed by atoms with van der Waals surface area (Å²) in [6.45, 7) is 1.62. The molecule has 0 saturated carbocycles. The fraction of sp³-hybridized carbons (Fsp3) is 0.500. The zero-order chi connectivity index (χ0) is 19.1. The maximum atomic E-state index is 12.6. The number of halogens is 1. The SMILES string of the molecule is COCCOCC(=O)N1CCCC[C@H]1c1ncc(Cc2ccccc2Cl)o1. The van der Waals surface area contributed by atoms with Crippen LogP contribution >= 0.6 is 11.6 Å². The summed E-state index contributed by atoms with van der Waals surface area (Å²) in [6, 6.07) is 7.54. The number of carbonyl (C=O) groups is 1. The molecule has 7 heteroatoms. The third-order valence-corrected chi connectivity index (χ3v) is 5.03. The van der Waals surface area contributed by atoms with Crippen LogP contribution in [0.25, 0.3) is 0 Å². The number of nitrogens with zero attached hydrogens (tertiary/aromatic N) is 2. The maximum absolute atomic E-state index is 12.6. The third-order valence-electron chi connectivity index (χ3n) is 4.66. The predicted molar refractivity (Wildman–Crippen MR) is 102 cm³/mol. The Labute approximate surface area is 164 Å². The number of aromatic nitrogens is 1. The molecule has 0 N–H and O–H groups in total. The summed E-state index contributed by atoms with van der Waals surface area (Å²) in [4.78, 5) is 18.8. The lowest BCUT2D eigenvalue weighted by Gasteiger charge is -2.33. The molecular weight excluding hydrogens is 368 g/mol. The van der Waals surface area contributed by atoms with Crippen LogP contribution in [-0.2, 0) is 20.7 Å². The number of carbonyl (C=O) groups excluding carboxylic acids is 1. The molecule has 1 aliphatic heterocycles. The number of amides is 1. The van der Waals surface area contributed by atoms with Gasteiger partial charge in [-0.1, -0.05) is 29.8 Å². The van der Waals surface area contributed by atoms with Gasteiger partial charge in [-0.3, -0.25) is 4.79 Å². The van der Waals surface area contributed by atoms with Crippen molar-refractivity contribution >= 4 is 17.5 Å². The van der Waals surface area contributed by atoms with Gasteiger partial charge in [-0.15, -0.1) is 0 Å². The quantitative estimate of drug-likeness (QED) is 0.642. The molecule has 0 radical (unpaired) electrons. The number of oxazole rings is 1. The molecule has 2 aromatic rings. The highest BCUT2D eigenvalue weighted by atomic mass is 35.5. The van der Waals surface area contributed by atoms with E-state index in [-0.39, 0.29) is 18.6 Å². The standard InChI is InChI=1S/C20H25ClN2O4/c1-25-10-11-26-14-19(24)23-9-5-4-8-18(23)20-22-13-16(27-20)12-15-6-2-3-7-17(15)21/h2-3,6-7,13,18H,4-5,8-12,14H2,1H3/t18-/m0/s1. The summed E-state index contributed by atoms with van der Waals surface area (Å²) in [5, 5.41) is 0.707. The van der Waals surface area contributed by atoms with Crippen LogP contribution in [0.5, 0.6) is 0 Å². The molecule has 1 aromatic carbocycles. The van der Waals surface area contributed by atoms with Gasteiger partial charge in [0.15, 0.2) is 0 Å². The molecule has 0 unspecified atom stereocenters. The van der Waals surface area contributed by atoms with Crippen LogP contribution in [0.1, 0.15) is 42.5 Å². The molecule has 0 aliphatic carbocycles. The molecule has 1 amide bonds. The van der Waals surface area contributed by atoms with Gasteiger partial charge in [0.2, 0.25) is 11.8 Å². The first-order chi connectivity index (χ1) is 13.2. The molecule has 1 saturated heterocycles. The van der Waals surface area contributed by atoms with E-state index in [4.69, 9.17) is 25.5 Å². The van der Waals surface area contributed by atoms with Crippen LogP contribution < -0.4 is 0 Å². The van der Waals surface area contributed by atoms with Gasteiger partial charge >= 0.3 is 0 Å². The summed E-state index contributed by atoms with van der Waals surface area (Å²) in [7, 11) is 1.61. The predicted octanol–water partition coefficient (Wildman–Crippen LogP) is 3.64. The fourth-order valence-electron chi connectivity index (χ4n) is 3.26. The molecule has 146 valence electrons. The smallest absolute Gasteiger partial charge is 0.249 e. The summed E-state index contributed by atoms with van der Waals surface area (Å²) in [5.74, 6) is 1.29.